The van der Waals surface area contributed by atoms with Crippen LogP contribution in [0.1, 0.15) is 41.3 Å². The number of nitrogens with one attached hydrogen (secondary N) is 1. The number of nitrogens with zero attached hydrogens (tertiary/aromatic N) is 2. The number of nitro groups is 1. The van der Waals surface area contributed by atoms with E-state index in [1.54, 1.807) is 66.7 Å². The number of benzene rings is 3. The van der Waals surface area contributed by atoms with Gasteiger partial charge in [-0.25, -0.2) is 9.78 Å². The van der Waals surface area contributed by atoms with Crippen LogP contribution in [0.25, 0.3) is 11.3 Å². The van der Waals surface area contributed by atoms with E-state index in [4.69, 9.17) is 9.47 Å². The number of aliphatic carboxylic acids is 1. The van der Waals surface area contributed by atoms with E-state index < -0.39 is 17.0 Å². The topological polar surface area (TPSA) is 141 Å². The maximum absolute atomic E-state index is 12.5. The number of ether oxygens (including phenoxy) is 2. The Morgan fingerprint density at radius 2 is 1.60 bits per heavy atom. The molecular weight excluding hydrogens is 538 g/mol. The van der Waals surface area contributed by atoms with E-state index in [9.17, 15) is 24.8 Å². The van der Waals surface area contributed by atoms with Crippen molar-refractivity contribution in [2.24, 2.45) is 0 Å². The van der Waals surface area contributed by atoms with Crippen LogP contribution in [-0.4, -0.2) is 46.1 Å². The highest BCUT2D eigenvalue weighted by atomic mass is 16.6. The number of hydrogen-bond donors (Lipinski definition) is 2. The van der Waals surface area contributed by atoms with Crippen molar-refractivity contribution >= 4 is 17.6 Å². The summed E-state index contributed by atoms with van der Waals surface area (Å²) in [6.07, 6.45) is 0.353. The van der Waals surface area contributed by atoms with Gasteiger partial charge in [0.15, 0.2) is 6.10 Å². The molecule has 4 rings (SSSR count). The normalized spacial score (nSPS) is 11.5. The Morgan fingerprint density at radius 3 is 2.17 bits per heavy atom. The quantitative estimate of drug-likeness (QED) is 0.119. The summed E-state index contributed by atoms with van der Waals surface area (Å²) >= 11 is 0. The van der Waals surface area contributed by atoms with Crippen LogP contribution in [-0.2, 0) is 11.2 Å². The largest absolute Gasteiger partial charge is 0.492 e. The van der Waals surface area contributed by atoms with Gasteiger partial charge in [-0.3, -0.25) is 14.9 Å². The van der Waals surface area contributed by atoms with Gasteiger partial charge in [-0.2, -0.15) is 0 Å². The molecule has 0 aliphatic heterocycles. The summed E-state index contributed by atoms with van der Waals surface area (Å²) in [6, 6.07) is 24.2. The number of pyridine rings is 1. The molecule has 2 N–H and O–H groups in total. The van der Waals surface area contributed by atoms with E-state index in [1.165, 1.54) is 12.3 Å². The molecule has 0 bridgehead atoms. The molecule has 10 nitrogen and oxygen atoms in total. The number of carboxylic acid groups (broad SMARTS) is 1. The van der Waals surface area contributed by atoms with Crippen LogP contribution in [0, 0.1) is 10.1 Å². The van der Waals surface area contributed by atoms with Gasteiger partial charge < -0.3 is 19.9 Å². The summed E-state index contributed by atoms with van der Waals surface area (Å²) in [6.45, 7) is 4.69. The summed E-state index contributed by atoms with van der Waals surface area (Å²) in [5.41, 5.74) is 3.60. The minimum Gasteiger partial charge on any atom is -0.492 e. The van der Waals surface area contributed by atoms with Gasteiger partial charge in [-0.05, 0) is 59.5 Å². The molecule has 0 spiro atoms. The molecule has 0 saturated heterocycles. The lowest BCUT2D eigenvalue weighted by atomic mass is 10.0. The van der Waals surface area contributed by atoms with Crippen molar-refractivity contribution in [2.75, 3.05) is 13.2 Å². The Labute approximate surface area is 243 Å². The molecule has 0 radical (unpaired) electrons. The second kappa shape index (κ2) is 13.9. The fraction of sp³-hybridized carbons (Fsp3) is 0.219. The Hall–Kier alpha value is -5.25. The molecule has 0 fully saturated rings. The first-order chi connectivity index (χ1) is 20.2. The summed E-state index contributed by atoms with van der Waals surface area (Å²) in [5, 5.41) is 23.2. The van der Waals surface area contributed by atoms with Crippen molar-refractivity contribution in [1.82, 2.24) is 10.3 Å². The fourth-order valence-electron chi connectivity index (χ4n) is 4.10. The molecule has 3 aromatic carbocycles. The minimum absolute atomic E-state index is 0.0895. The monoisotopic (exact) mass is 569 g/mol. The maximum Gasteiger partial charge on any atom is 0.345 e. The molecule has 4 aromatic rings. The molecule has 1 atom stereocenters. The van der Waals surface area contributed by atoms with E-state index in [-0.39, 0.29) is 31.2 Å². The van der Waals surface area contributed by atoms with Crippen molar-refractivity contribution < 1.29 is 29.1 Å². The zero-order chi connectivity index (χ0) is 30.1. The van der Waals surface area contributed by atoms with Gasteiger partial charge in [-0.1, -0.05) is 50.2 Å². The molecule has 1 unspecified atom stereocenters. The molecule has 216 valence electrons. The number of amides is 1. The van der Waals surface area contributed by atoms with Crippen LogP contribution < -0.4 is 14.8 Å². The lowest BCUT2D eigenvalue weighted by Gasteiger charge is -2.16. The predicted octanol–water partition coefficient (Wildman–Crippen LogP) is 5.66. The molecule has 1 amide bonds. The average molecular weight is 570 g/mol. The van der Waals surface area contributed by atoms with Crippen LogP contribution in [0.3, 0.4) is 0 Å². The van der Waals surface area contributed by atoms with Crippen LogP contribution >= 0.6 is 0 Å². The first-order valence-electron chi connectivity index (χ1n) is 13.4. The summed E-state index contributed by atoms with van der Waals surface area (Å²) in [7, 11) is 0. The standard InChI is InChI=1S/C32H31N3O7/c1-21(2)23-9-14-28(15-10-23)42-30(32(37)38)19-22-3-12-27(13-4-22)41-18-17-33-31(36)25-7-5-24(6-8-25)29-16-11-26(20-34-29)35(39)40/h3-16,20-21,30H,17-19H2,1-2H3,(H,33,36)(H,37,38). The van der Waals surface area contributed by atoms with Gasteiger partial charge in [0.1, 0.15) is 24.3 Å². The number of rotatable bonds is 13. The van der Waals surface area contributed by atoms with Gasteiger partial charge in [0.25, 0.3) is 11.6 Å². The Morgan fingerprint density at radius 1 is 0.929 bits per heavy atom. The van der Waals surface area contributed by atoms with Crippen LogP contribution in [0.2, 0.25) is 0 Å². The number of aromatic nitrogens is 1. The van der Waals surface area contributed by atoms with Crippen LogP contribution in [0.5, 0.6) is 11.5 Å². The van der Waals surface area contributed by atoms with Crippen molar-refractivity contribution in [2.45, 2.75) is 32.3 Å². The Balaban J connectivity index is 1.22. The van der Waals surface area contributed by atoms with Crippen molar-refractivity contribution in [3.05, 3.63) is 118 Å². The predicted molar refractivity (Wildman–Crippen MR) is 157 cm³/mol. The molecule has 0 aliphatic carbocycles. The summed E-state index contributed by atoms with van der Waals surface area (Å²) < 4.78 is 11.4. The van der Waals surface area contributed by atoms with Crippen molar-refractivity contribution in [3.8, 4) is 22.8 Å². The highest BCUT2D eigenvalue weighted by Crippen LogP contribution is 2.22. The molecule has 0 aliphatic rings. The number of carboxylic acids is 1. The molecule has 1 heterocycles. The molecule has 42 heavy (non-hydrogen) atoms. The van der Waals surface area contributed by atoms with E-state index >= 15 is 0 Å². The van der Waals surface area contributed by atoms with Crippen LogP contribution in [0.15, 0.2) is 91.1 Å². The maximum atomic E-state index is 12.5. The molecular formula is C32H31N3O7. The Bertz CT molecular complexity index is 1500. The molecule has 1 aromatic heterocycles. The third-order valence-electron chi connectivity index (χ3n) is 6.50. The number of carbonyl (C=O) groups excluding carboxylic acids is 1. The average Bonchev–Trinajstić information content (AvgIpc) is 3.00. The highest BCUT2D eigenvalue weighted by molar-refractivity contribution is 5.94. The third-order valence-corrected chi connectivity index (χ3v) is 6.50. The van der Waals surface area contributed by atoms with E-state index in [1.807, 2.05) is 12.1 Å². The molecule has 0 saturated carbocycles. The minimum atomic E-state index is -1.04. The second-order valence-electron chi connectivity index (χ2n) is 9.86. The van der Waals surface area contributed by atoms with Gasteiger partial charge in [0.05, 0.1) is 17.2 Å². The van der Waals surface area contributed by atoms with Gasteiger partial charge >= 0.3 is 5.97 Å². The van der Waals surface area contributed by atoms with E-state index in [0.717, 1.165) is 16.7 Å². The second-order valence-corrected chi connectivity index (χ2v) is 9.86. The zero-order valence-corrected chi connectivity index (χ0v) is 23.2. The first-order valence-corrected chi connectivity index (χ1v) is 13.4. The van der Waals surface area contributed by atoms with E-state index in [0.29, 0.717) is 28.7 Å². The number of hydrogen-bond acceptors (Lipinski definition) is 7. The lowest BCUT2D eigenvalue weighted by molar-refractivity contribution is -0.385. The smallest absolute Gasteiger partial charge is 0.345 e. The highest BCUT2D eigenvalue weighted by Gasteiger charge is 2.20. The lowest BCUT2D eigenvalue weighted by Crippen LogP contribution is -2.29. The van der Waals surface area contributed by atoms with E-state index in [2.05, 4.69) is 24.1 Å². The number of carbonyl (C=O) groups is 2. The van der Waals surface area contributed by atoms with Crippen molar-refractivity contribution in [3.63, 3.8) is 0 Å². The summed E-state index contributed by atoms with van der Waals surface area (Å²) in [4.78, 5) is 38.6. The van der Waals surface area contributed by atoms with Crippen LogP contribution in [0.4, 0.5) is 5.69 Å². The van der Waals surface area contributed by atoms with Gasteiger partial charge in [-0.15, -0.1) is 0 Å². The molecule has 10 heteroatoms. The van der Waals surface area contributed by atoms with Crippen molar-refractivity contribution in [1.29, 1.82) is 0 Å². The Kier molecular flexibility index (Phi) is 9.83. The van der Waals surface area contributed by atoms with Gasteiger partial charge in [0.2, 0.25) is 0 Å². The SMILES string of the molecule is CC(C)c1ccc(OC(Cc2ccc(OCCNC(=O)c3ccc(-c4ccc([N+](=O)[O-])cn4)cc3)cc2)C(=O)O)cc1. The first kappa shape index (κ1) is 29.7. The zero-order valence-electron chi connectivity index (χ0n) is 23.2. The third kappa shape index (κ3) is 8.14. The van der Waals surface area contributed by atoms with Gasteiger partial charge in [0, 0.05) is 23.6 Å². The summed E-state index contributed by atoms with van der Waals surface area (Å²) in [5.74, 6) is 0.156. The fourth-order valence-corrected chi connectivity index (χ4v) is 4.10.